The van der Waals surface area contributed by atoms with Crippen molar-refractivity contribution in [2.75, 3.05) is 19.7 Å². The molecule has 1 atom stereocenters. The van der Waals surface area contributed by atoms with Gasteiger partial charge in [0, 0.05) is 26.1 Å². The molecule has 8 nitrogen and oxygen atoms in total. The molecule has 3 aliphatic rings. The number of likely N-dealkylation sites (tertiary alicyclic amines) is 1. The predicted octanol–water partition coefficient (Wildman–Crippen LogP) is 1.44. The molecule has 8 heteroatoms. The third-order valence-corrected chi connectivity index (χ3v) is 6.28. The molecule has 1 aromatic carbocycles. The Balaban J connectivity index is 1.38. The Morgan fingerprint density at radius 3 is 2.52 bits per heavy atom. The van der Waals surface area contributed by atoms with Crippen molar-refractivity contribution >= 4 is 23.8 Å². The molecule has 4 rings (SSSR count). The molecule has 0 aromatic heterocycles. The summed E-state index contributed by atoms with van der Waals surface area (Å²) in [5.41, 5.74) is 0.0533. The molecule has 0 radical (unpaired) electrons. The number of piperidine rings is 1. The second-order valence-corrected chi connectivity index (χ2v) is 7.94. The van der Waals surface area contributed by atoms with Gasteiger partial charge in [-0.1, -0.05) is 30.3 Å². The van der Waals surface area contributed by atoms with Crippen LogP contribution in [-0.4, -0.2) is 58.8 Å². The van der Waals surface area contributed by atoms with Crippen LogP contribution in [0.25, 0.3) is 0 Å². The Morgan fingerprint density at radius 1 is 1.14 bits per heavy atom. The maximum absolute atomic E-state index is 12.6. The molecule has 1 unspecified atom stereocenters. The van der Waals surface area contributed by atoms with Gasteiger partial charge >= 0.3 is 12.0 Å². The number of urea groups is 1. The monoisotopic (exact) mass is 399 g/mol. The van der Waals surface area contributed by atoms with Gasteiger partial charge in [-0.2, -0.15) is 0 Å². The van der Waals surface area contributed by atoms with Crippen LogP contribution in [-0.2, 0) is 25.7 Å². The van der Waals surface area contributed by atoms with Gasteiger partial charge in [-0.05, 0) is 31.2 Å². The molecule has 4 amide bonds. The van der Waals surface area contributed by atoms with E-state index >= 15 is 0 Å². The van der Waals surface area contributed by atoms with Crippen LogP contribution in [0.2, 0.25) is 0 Å². The van der Waals surface area contributed by atoms with E-state index in [9.17, 15) is 19.2 Å². The maximum atomic E-state index is 12.6. The number of carbonyl (C=O) groups excluding carboxylic acids is 4. The number of amides is 4. The van der Waals surface area contributed by atoms with E-state index in [-0.39, 0.29) is 29.7 Å². The summed E-state index contributed by atoms with van der Waals surface area (Å²) in [6, 6.07) is 9.19. The van der Waals surface area contributed by atoms with Gasteiger partial charge in [0.2, 0.25) is 5.91 Å². The van der Waals surface area contributed by atoms with Gasteiger partial charge in [0.05, 0.1) is 12.5 Å². The second-order valence-electron chi connectivity index (χ2n) is 7.94. The normalized spacial score (nSPS) is 23.4. The molecule has 29 heavy (non-hydrogen) atoms. The number of nitrogens with one attached hydrogen (secondary N) is 1. The Labute approximate surface area is 169 Å². The van der Waals surface area contributed by atoms with Crippen molar-refractivity contribution in [1.29, 1.82) is 0 Å². The molecule has 0 aliphatic carbocycles. The highest BCUT2D eigenvalue weighted by molar-refractivity contribution is 6.07. The minimum atomic E-state index is -0.904. The first kappa shape index (κ1) is 19.4. The molecule has 1 N–H and O–H groups in total. The van der Waals surface area contributed by atoms with E-state index < -0.39 is 5.54 Å². The lowest BCUT2D eigenvalue weighted by molar-refractivity contribution is -0.142. The number of esters is 1. The summed E-state index contributed by atoms with van der Waals surface area (Å²) in [5.74, 6) is -0.694. The lowest BCUT2D eigenvalue weighted by atomic mass is 9.85. The summed E-state index contributed by atoms with van der Waals surface area (Å²) in [4.78, 5) is 52.6. The topological polar surface area (TPSA) is 96.0 Å². The van der Waals surface area contributed by atoms with E-state index in [2.05, 4.69) is 5.32 Å². The number of benzene rings is 1. The van der Waals surface area contributed by atoms with Crippen molar-refractivity contribution in [3.05, 3.63) is 35.9 Å². The number of rotatable bonds is 5. The minimum Gasteiger partial charge on any atom is -0.465 e. The average Bonchev–Trinajstić information content (AvgIpc) is 3.24. The van der Waals surface area contributed by atoms with Crippen LogP contribution < -0.4 is 5.32 Å². The Bertz CT molecular complexity index is 817. The smallest absolute Gasteiger partial charge is 0.325 e. The van der Waals surface area contributed by atoms with Gasteiger partial charge in [-0.15, -0.1) is 0 Å². The van der Waals surface area contributed by atoms with E-state index in [1.165, 1.54) is 0 Å². The molecule has 3 heterocycles. The maximum Gasteiger partial charge on any atom is 0.325 e. The number of imide groups is 1. The largest absolute Gasteiger partial charge is 0.465 e. The molecule has 3 fully saturated rings. The van der Waals surface area contributed by atoms with E-state index in [1.807, 2.05) is 30.3 Å². The Hall–Kier alpha value is -2.90. The van der Waals surface area contributed by atoms with E-state index in [0.717, 1.165) is 5.56 Å². The molecule has 0 bridgehead atoms. The first-order chi connectivity index (χ1) is 14.0. The fourth-order valence-electron chi connectivity index (χ4n) is 4.47. The van der Waals surface area contributed by atoms with Crippen molar-refractivity contribution in [3.63, 3.8) is 0 Å². The number of hydrogen-bond donors (Lipinski definition) is 1. The number of hydrogen-bond acceptors (Lipinski definition) is 5. The summed E-state index contributed by atoms with van der Waals surface area (Å²) in [7, 11) is 0. The van der Waals surface area contributed by atoms with Gasteiger partial charge in [0.1, 0.15) is 5.54 Å². The molecule has 154 valence electrons. The van der Waals surface area contributed by atoms with Crippen LogP contribution >= 0.6 is 0 Å². The molecule has 0 saturated carbocycles. The van der Waals surface area contributed by atoms with Crippen molar-refractivity contribution in [1.82, 2.24) is 15.1 Å². The zero-order chi connectivity index (χ0) is 20.4. The van der Waals surface area contributed by atoms with Crippen LogP contribution in [0.5, 0.6) is 0 Å². The van der Waals surface area contributed by atoms with Gasteiger partial charge in [0.15, 0.2) is 0 Å². The zero-order valence-electron chi connectivity index (χ0n) is 16.3. The standard InChI is InChI=1S/C21H25N3O5/c25-17(7-6-16-8-13-29-18(16)26)23-11-9-21(10-12-23)19(27)22-20(28)24(21)14-15-4-2-1-3-5-15/h1-5,16H,6-14H2,(H,22,27,28). The van der Waals surface area contributed by atoms with E-state index in [4.69, 9.17) is 4.74 Å². The van der Waals surface area contributed by atoms with Crippen LogP contribution in [0.1, 0.15) is 37.7 Å². The third kappa shape index (κ3) is 3.71. The Morgan fingerprint density at radius 2 is 1.86 bits per heavy atom. The number of ether oxygens (including phenoxy) is 1. The van der Waals surface area contributed by atoms with Crippen molar-refractivity contribution in [3.8, 4) is 0 Å². The van der Waals surface area contributed by atoms with Crippen LogP contribution in [0.4, 0.5) is 4.79 Å². The molecular weight excluding hydrogens is 374 g/mol. The number of carbonyl (C=O) groups is 4. The lowest BCUT2D eigenvalue weighted by Gasteiger charge is -2.42. The number of nitrogens with zero attached hydrogens (tertiary/aromatic N) is 2. The van der Waals surface area contributed by atoms with Crippen molar-refractivity contribution in [2.45, 2.75) is 44.2 Å². The summed E-state index contributed by atoms with van der Waals surface area (Å²) in [6.45, 7) is 1.63. The summed E-state index contributed by atoms with van der Waals surface area (Å²) in [6.07, 6.45) is 2.29. The summed E-state index contributed by atoms with van der Waals surface area (Å²) < 4.78 is 4.94. The predicted molar refractivity (Wildman–Crippen MR) is 102 cm³/mol. The molecule has 3 saturated heterocycles. The first-order valence-electron chi connectivity index (χ1n) is 10.1. The lowest BCUT2D eigenvalue weighted by Crippen LogP contribution is -2.57. The van der Waals surface area contributed by atoms with Gasteiger partial charge in [-0.3, -0.25) is 19.7 Å². The Kier molecular flexibility index (Phi) is 5.25. The fraction of sp³-hybridized carbons (Fsp3) is 0.524. The first-order valence-corrected chi connectivity index (χ1v) is 10.1. The van der Waals surface area contributed by atoms with E-state index in [1.54, 1.807) is 9.80 Å². The summed E-state index contributed by atoms with van der Waals surface area (Å²) in [5, 5.41) is 2.45. The molecule has 1 spiro atoms. The van der Waals surface area contributed by atoms with Crippen LogP contribution in [0, 0.1) is 5.92 Å². The van der Waals surface area contributed by atoms with Crippen LogP contribution in [0.3, 0.4) is 0 Å². The van der Waals surface area contributed by atoms with Gasteiger partial charge < -0.3 is 14.5 Å². The zero-order valence-corrected chi connectivity index (χ0v) is 16.3. The minimum absolute atomic E-state index is 0.0149. The van der Waals surface area contributed by atoms with E-state index in [0.29, 0.717) is 58.3 Å². The number of cyclic esters (lactones) is 1. The second kappa shape index (κ2) is 7.85. The van der Waals surface area contributed by atoms with Crippen molar-refractivity contribution < 1.29 is 23.9 Å². The third-order valence-electron chi connectivity index (χ3n) is 6.28. The summed E-state index contributed by atoms with van der Waals surface area (Å²) >= 11 is 0. The quantitative estimate of drug-likeness (QED) is 0.597. The van der Waals surface area contributed by atoms with Gasteiger partial charge in [0.25, 0.3) is 5.91 Å². The fourth-order valence-corrected chi connectivity index (χ4v) is 4.47. The highest BCUT2D eigenvalue weighted by Gasteiger charge is 2.54. The highest BCUT2D eigenvalue weighted by atomic mass is 16.5. The van der Waals surface area contributed by atoms with Gasteiger partial charge in [-0.25, -0.2) is 4.79 Å². The average molecular weight is 399 g/mol. The SMILES string of the molecule is O=C1OCCC1CCC(=O)N1CCC2(CC1)C(=O)NC(=O)N2Cc1ccccc1. The molecule has 1 aromatic rings. The molecular formula is C21H25N3O5. The molecule has 3 aliphatic heterocycles. The van der Waals surface area contributed by atoms with Crippen molar-refractivity contribution in [2.24, 2.45) is 5.92 Å². The highest BCUT2D eigenvalue weighted by Crippen LogP contribution is 2.35. The van der Waals surface area contributed by atoms with Crippen LogP contribution in [0.15, 0.2) is 30.3 Å².